The van der Waals surface area contributed by atoms with Gasteiger partial charge in [0.2, 0.25) is 0 Å². The van der Waals surface area contributed by atoms with E-state index >= 15 is 0 Å². The Bertz CT molecular complexity index is 190. The van der Waals surface area contributed by atoms with Crippen molar-refractivity contribution in [1.29, 1.82) is 0 Å². The summed E-state index contributed by atoms with van der Waals surface area (Å²) in [5.41, 5.74) is 0.511. The molecule has 2 saturated carbocycles. The van der Waals surface area contributed by atoms with E-state index in [1.807, 2.05) is 0 Å². The molecule has 0 aromatic carbocycles. The lowest BCUT2D eigenvalue weighted by atomic mass is 9.56. The van der Waals surface area contributed by atoms with E-state index in [9.17, 15) is 5.11 Å². The average Bonchev–Trinajstić information content (AvgIpc) is 2.12. The van der Waals surface area contributed by atoms with Crippen molar-refractivity contribution in [2.24, 2.45) is 17.3 Å². The lowest BCUT2D eigenvalue weighted by molar-refractivity contribution is -0.0460. The Morgan fingerprint density at radius 3 is 2.92 bits per heavy atom. The van der Waals surface area contributed by atoms with Gasteiger partial charge in [0.05, 0.1) is 6.10 Å². The predicted octanol–water partition coefficient (Wildman–Crippen LogP) is 2.79. The predicted molar refractivity (Wildman–Crippen MR) is 54.2 cm³/mol. The first kappa shape index (κ1) is 9.51. The number of aliphatic hydroxyl groups is 1. The van der Waals surface area contributed by atoms with E-state index in [-0.39, 0.29) is 6.10 Å². The number of rotatable bonds is 0. The highest BCUT2D eigenvalue weighted by atomic mass is 16.3. The quantitative estimate of drug-likeness (QED) is 0.609. The van der Waals surface area contributed by atoms with Crippen LogP contribution in [0.5, 0.6) is 0 Å². The van der Waals surface area contributed by atoms with Crippen LogP contribution in [0.3, 0.4) is 0 Å². The Morgan fingerprint density at radius 1 is 1.38 bits per heavy atom. The van der Waals surface area contributed by atoms with Crippen LogP contribution >= 0.6 is 0 Å². The topological polar surface area (TPSA) is 20.2 Å². The van der Waals surface area contributed by atoms with Crippen LogP contribution in [0.25, 0.3) is 0 Å². The lowest BCUT2D eigenvalue weighted by Crippen LogP contribution is -2.44. The molecule has 1 nitrogen and oxygen atoms in total. The van der Waals surface area contributed by atoms with Crippen molar-refractivity contribution in [3.8, 4) is 0 Å². The number of hydrogen-bond acceptors (Lipinski definition) is 1. The zero-order chi connectivity index (χ0) is 9.47. The van der Waals surface area contributed by atoms with Crippen molar-refractivity contribution >= 4 is 0 Å². The molecule has 4 atom stereocenters. The Labute approximate surface area is 81.5 Å². The van der Waals surface area contributed by atoms with E-state index < -0.39 is 0 Å². The van der Waals surface area contributed by atoms with E-state index in [1.54, 1.807) is 0 Å². The van der Waals surface area contributed by atoms with E-state index in [0.717, 1.165) is 12.3 Å². The third-order valence-electron chi connectivity index (χ3n) is 4.44. The van der Waals surface area contributed by atoms with Gasteiger partial charge >= 0.3 is 0 Å². The molecule has 0 heterocycles. The summed E-state index contributed by atoms with van der Waals surface area (Å²) in [4.78, 5) is 0. The molecule has 1 heteroatoms. The van der Waals surface area contributed by atoms with Crippen LogP contribution < -0.4 is 0 Å². The molecule has 75 valence electrons. The van der Waals surface area contributed by atoms with E-state index in [4.69, 9.17) is 0 Å². The van der Waals surface area contributed by atoms with Gasteiger partial charge in [0.1, 0.15) is 0 Å². The van der Waals surface area contributed by atoms with Crippen molar-refractivity contribution in [2.75, 3.05) is 0 Å². The molecule has 13 heavy (non-hydrogen) atoms. The molecule has 2 aliphatic carbocycles. The largest absolute Gasteiger partial charge is 0.393 e. The fraction of sp³-hybridized carbons (Fsp3) is 0.917. The summed E-state index contributed by atoms with van der Waals surface area (Å²) in [5.74, 6) is 1.29. The Kier molecular flexibility index (Phi) is 2.39. The molecule has 4 unspecified atom stereocenters. The van der Waals surface area contributed by atoms with Crippen LogP contribution in [-0.2, 0) is 0 Å². The van der Waals surface area contributed by atoms with Crippen LogP contribution in [0, 0.1) is 23.7 Å². The van der Waals surface area contributed by atoms with Crippen molar-refractivity contribution in [3.63, 3.8) is 0 Å². The first-order chi connectivity index (χ1) is 6.13. The fourth-order valence-corrected chi connectivity index (χ4v) is 3.42. The Morgan fingerprint density at radius 2 is 2.15 bits per heavy atom. The second kappa shape index (κ2) is 3.27. The van der Waals surface area contributed by atoms with Crippen molar-refractivity contribution in [3.05, 3.63) is 6.42 Å². The van der Waals surface area contributed by atoms with Crippen LogP contribution in [0.4, 0.5) is 0 Å². The maximum absolute atomic E-state index is 9.82. The van der Waals surface area contributed by atoms with Gasteiger partial charge in [-0.25, -0.2) is 0 Å². The zero-order valence-corrected chi connectivity index (χ0v) is 8.79. The highest BCUT2D eigenvalue weighted by molar-refractivity contribution is 4.99. The molecule has 1 radical (unpaired) electrons. The summed E-state index contributed by atoms with van der Waals surface area (Å²) in [6.07, 6.45) is 8.49. The van der Waals surface area contributed by atoms with Crippen molar-refractivity contribution in [2.45, 2.75) is 52.1 Å². The second-order valence-electron chi connectivity index (χ2n) is 5.30. The number of fused-ring (bicyclic) bond motifs is 1. The minimum atomic E-state index is -0.0313. The van der Waals surface area contributed by atoms with Crippen molar-refractivity contribution < 1.29 is 5.11 Å². The molecular weight excluding hydrogens is 160 g/mol. The van der Waals surface area contributed by atoms with Crippen LogP contribution in [0.15, 0.2) is 0 Å². The van der Waals surface area contributed by atoms with Crippen molar-refractivity contribution in [1.82, 2.24) is 0 Å². The Hall–Kier alpha value is -0.0400. The second-order valence-corrected chi connectivity index (χ2v) is 5.30. The van der Waals surface area contributed by atoms with Crippen LogP contribution in [0.1, 0.15) is 46.0 Å². The maximum Gasteiger partial charge on any atom is 0.0568 e. The molecule has 0 aliphatic heterocycles. The molecule has 0 aromatic heterocycles. The molecule has 0 spiro atoms. The zero-order valence-electron chi connectivity index (χ0n) is 8.79. The van der Waals surface area contributed by atoms with Gasteiger partial charge in [-0.2, -0.15) is 0 Å². The van der Waals surface area contributed by atoms with Gasteiger partial charge in [0.25, 0.3) is 0 Å². The number of hydrogen-bond donors (Lipinski definition) is 1. The summed E-state index contributed by atoms with van der Waals surface area (Å²) >= 11 is 0. The normalized spacial score (nSPS) is 51.5. The van der Waals surface area contributed by atoms with Gasteiger partial charge in [-0.3, -0.25) is 0 Å². The molecule has 0 amide bonds. The first-order valence-corrected chi connectivity index (χ1v) is 5.63. The number of aliphatic hydroxyl groups excluding tert-OH is 1. The van der Waals surface area contributed by atoms with Gasteiger partial charge < -0.3 is 5.11 Å². The first-order valence-electron chi connectivity index (χ1n) is 5.63. The molecule has 0 aromatic rings. The summed E-state index contributed by atoms with van der Waals surface area (Å²) in [5, 5.41) is 9.82. The maximum atomic E-state index is 9.82. The molecule has 0 saturated heterocycles. The molecule has 2 rings (SSSR count). The van der Waals surface area contributed by atoms with Gasteiger partial charge in [0.15, 0.2) is 0 Å². The average molecular weight is 181 g/mol. The lowest BCUT2D eigenvalue weighted by Gasteiger charge is -2.50. The van der Waals surface area contributed by atoms with Gasteiger partial charge in [-0.05, 0) is 55.8 Å². The van der Waals surface area contributed by atoms with Gasteiger partial charge in [-0.15, -0.1) is 0 Å². The third-order valence-corrected chi connectivity index (χ3v) is 4.44. The standard InChI is InChI=1S/C12H21O/c1-9-10-5-3-4-7-12(10,2)8-6-11(9)13/h4,9-11,13H,3,5-8H2,1-2H3. The smallest absolute Gasteiger partial charge is 0.0568 e. The van der Waals surface area contributed by atoms with Crippen LogP contribution in [0.2, 0.25) is 0 Å². The van der Waals surface area contributed by atoms with Crippen LogP contribution in [-0.4, -0.2) is 11.2 Å². The minimum Gasteiger partial charge on any atom is -0.393 e. The molecule has 1 N–H and O–H groups in total. The summed E-state index contributed by atoms with van der Waals surface area (Å²) in [7, 11) is 0. The fourth-order valence-electron chi connectivity index (χ4n) is 3.42. The summed E-state index contributed by atoms with van der Waals surface area (Å²) < 4.78 is 0. The highest BCUT2D eigenvalue weighted by Gasteiger charge is 2.44. The molecular formula is C12H21O. The van der Waals surface area contributed by atoms with Gasteiger partial charge in [0, 0.05) is 0 Å². The van der Waals surface area contributed by atoms with E-state index in [1.165, 1.54) is 25.7 Å². The SMILES string of the molecule is CC1C(O)CCC2(C)C[CH]CCC12. The minimum absolute atomic E-state index is 0.0313. The van der Waals surface area contributed by atoms with E-state index in [0.29, 0.717) is 11.3 Å². The molecule has 2 aliphatic rings. The summed E-state index contributed by atoms with van der Waals surface area (Å²) in [6, 6.07) is 0. The van der Waals surface area contributed by atoms with Gasteiger partial charge in [-0.1, -0.05) is 13.8 Å². The molecule has 2 fully saturated rings. The summed E-state index contributed by atoms with van der Waals surface area (Å²) in [6.45, 7) is 4.65. The third kappa shape index (κ3) is 1.52. The monoisotopic (exact) mass is 181 g/mol. The molecule has 0 bridgehead atoms. The highest BCUT2D eigenvalue weighted by Crippen LogP contribution is 2.51. The van der Waals surface area contributed by atoms with E-state index in [2.05, 4.69) is 20.3 Å². The Balaban J connectivity index is 2.15.